The quantitative estimate of drug-likeness (QED) is 0.275. The number of aliphatic imine (C=N–C) groups is 1. The van der Waals surface area contributed by atoms with E-state index in [2.05, 4.69) is 22.3 Å². The molecule has 0 bridgehead atoms. The molecule has 1 aliphatic carbocycles. The van der Waals surface area contributed by atoms with E-state index in [1.165, 1.54) is 56.9 Å². The third kappa shape index (κ3) is 6.82. The maximum absolute atomic E-state index is 6.23. The van der Waals surface area contributed by atoms with Crippen LogP contribution in [0.5, 0.6) is 5.75 Å². The molecule has 3 N–H and O–H groups in total. The van der Waals surface area contributed by atoms with Crippen LogP contribution in [0.15, 0.2) is 29.3 Å². The van der Waals surface area contributed by atoms with Crippen LogP contribution in [0.25, 0.3) is 0 Å². The number of guanidine groups is 1. The van der Waals surface area contributed by atoms with Crippen molar-refractivity contribution < 1.29 is 4.74 Å². The van der Waals surface area contributed by atoms with Gasteiger partial charge in [-0.3, -0.25) is 9.89 Å². The zero-order valence-corrected chi connectivity index (χ0v) is 18.9. The fourth-order valence-electron chi connectivity index (χ4n) is 4.17. The van der Waals surface area contributed by atoms with E-state index in [1.807, 2.05) is 12.1 Å². The predicted molar refractivity (Wildman–Crippen MR) is 123 cm³/mol. The van der Waals surface area contributed by atoms with Crippen LogP contribution in [0.4, 0.5) is 0 Å². The molecule has 0 spiro atoms. The highest BCUT2D eigenvalue weighted by molar-refractivity contribution is 14.0. The first-order valence-corrected chi connectivity index (χ1v) is 10.2. The minimum atomic E-state index is 0. The van der Waals surface area contributed by atoms with E-state index in [0.717, 1.165) is 18.8 Å². The Balaban J connectivity index is 0.00000261. The Bertz CT molecular complexity index is 564. The van der Waals surface area contributed by atoms with Gasteiger partial charge in [-0.25, -0.2) is 0 Å². The van der Waals surface area contributed by atoms with Crippen LogP contribution in [-0.4, -0.2) is 43.6 Å². The summed E-state index contributed by atoms with van der Waals surface area (Å²) in [6.07, 6.45) is 10.3. The van der Waals surface area contributed by atoms with Crippen molar-refractivity contribution in [1.29, 1.82) is 0 Å². The molecule has 5 nitrogen and oxygen atoms in total. The molecule has 3 rings (SSSR count). The zero-order valence-electron chi connectivity index (χ0n) is 16.5. The second-order valence-electron chi connectivity index (χ2n) is 7.59. The van der Waals surface area contributed by atoms with Gasteiger partial charge in [-0.15, -0.1) is 24.0 Å². The first kappa shape index (κ1) is 22.3. The van der Waals surface area contributed by atoms with Crippen molar-refractivity contribution in [1.82, 2.24) is 10.2 Å². The number of likely N-dealkylation sites (tertiary alicyclic amines) is 1. The van der Waals surface area contributed by atoms with Crippen molar-refractivity contribution in [2.24, 2.45) is 10.7 Å². The number of halogens is 1. The highest BCUT2D eigenvalue weighted by Crippen LogP contribution is 2.27. The van der Waals surface area contributed by atoms with Gasteiger partial charge < -0.3 is 15.8 Å². The normalized spacial score (nSPS) is 20.6. The van der Waals surface area contributed by atoms with Crippen molar-refractivity contribution in [3.63, 3.8) is 0 Å². The van der Waals surface area contributed by atoms with Gasteiger partial charge in [0, 0.05) is 6.04 Å². The number of hydrogen-bond donors (Lipinski definition) is 2. The molecule has 1 aromatic carbocycles. The first-order valence-electron chi connectivity index (χ1n) is 10.2. The molecule has 0 radical (unpaired) electrons. The summed E-state index contributed by atoms with van der Waals surface area (Å²) in [4.78, 5) is 7.26. The number of rotatable bonds is 6. The Morgan fingerprint density at radius 3 is 2.33 bits per heavy atom. The van der Waals surface area contributed by atoms with Gasteiger partial charge in [0.1, 0.15) is 5.75 Å². The highest BCUT2D eigenvalue weighted by atomic mass is 127. The van der Waals surface area contributed by atoms with E-state index in [9.17, 15) is 0 Å². The molecule has 0 aromatic heterocycles. The number of nitrogens with one attached hydrogen (secondary N) is 1. The number of nitrogens with two attached hydrogens (primary N) is 1. The van der Waals surface area contributed by atoms with Crippen LogP contribution >= 0.6 is 24.0 Å². The van der Waals surface area contributed by atoms with Gasteiger partial charge in [-0.1, -0.05) is 37.8 Å². The molecule has 1 aliphatic heterocycles. The molecule has 2 fully saturated rings. The van der Waals surface area contributed by atoms with Crippen molar-refractivity contribution in [2.75, 3.05) is 26.7 Å². The fraction of sp³-hybridized carbons (Fsp3) is 0.667. The molecular formula is C21H35IN4O. The predicted octanol–water partition coefficient (Wildman–Crippen LogP) is 4.08. The van der Waals surface area contributed by atoms with Crippen LogP contribution in [0.3, 0.4) is 0 Å². The smallest absolute Gasteiger partial charge is 0.188 e. The average Bonchev–Trinajstić information content (AvgIpc) is 3.07. The molecule has 1 unspecified atom stereocenters. The molecule has 6 heteroatoms. The number of nitrogens with zero attached hydrogens (tertiary/aromatic N) is 2. The molecule has 1 atom stereocenters. The average molecular weight is 486 g/mol. The summed E-state index contributed by atoms with van der Waals surface area (Å²) in [5, 5.41) is 3.46. The monoisotopic (exact) mass is 486 g/mol. The van der Waals surface area contributed by atoms with E-state index in [1.54, 1.807) is 7.11 Å². The van der Waals surface area contributed by atoms with E-state index in [0.29, 0.717) is 18.5 Å². The molecule has 1 aromatic rings. The van der Waals surface area contributed by atoms with Crippen LogP contribution < -0.4 is 15.8 Å². The van der Waals surface area contributed by atoms with Gasteiger partial charge in [0.25, 0.3) is 0 Å². The van der Waals surface area contributed by atoms with E-state index in [4.69, 9.17) is 15.5 Å². The molecule has 0 amide bonds. The van der Waals surface area contributed by atoms with Crippen LogP contribution in [-0.2, 0) is 0 Å². The highest BCUT2D eigenvalue weighted by Gasteiger charge is 2.23. The van der Waals surface area contributed by atoms with Crippen molar-refractivity contribution in [2.45, 2.75) is 63.5 Å². The maximum Gasteiger partial charge on any atom is 0.188 e. The van der Waals surface area contributed by atoms with Gasteiger partial charge >= 0.3 is 0 Å². The number of hydrogen-bond acceptors (Lipinski definition) is 3. The summed E-state index contributed by atoms with van der Waals surface area (Å²) in [5.74, 6) is 1.50. The van der Waals surface area contributed by atoms with Crippen LogP contribution in [0, 0.1) is 0 Å². The van der Waals surface area contributed by atoms with Gasteiger partial charge in [0.2, 0.25) is 0 Å². The summed E-state index contributed by atoms with van der Waals surface area (Å²) in [6.45, 7) is 2.99. The third-order valence-electron chi connectivity index (χ3n) is 5.72. The largest absolute Gasteiger partial charge is 0.497 e. The number of benzene rings is 1. The third-order valence-corrected chi connectivity index (χ3v) is 5.72. The second-order valence-corrected chi connectivity index (χ2v) is 7.59. The van der Waals surface area contributed by atoms with Gasteiger partial charge in [-0.05, 0) is 56.5 Å². The minimum Gasteiger partial charge on any atom is -0.497 e. The Hall–Kier alpha value is -1.02. The Kier molecular flexibility index (Phi) is 9.68. The molecule has 1 saturated heterocycles. The lowest BCUT2D eigenvalue weighted by Crippen LogP contribution is -2.40. The zero-order chi connectivity index (χ0) is 18.2. The Morgan fingerprint density at radius 2 is 1.74 bits per heavy atom. The molecule has 2 aliphatic rings. The molecular weight excluding hydrogens is 451 g/mol. The number of ether oxygens (including phenoxy) is 1. The van der Waals surface area contributed by atoms with Gasteiger partial charge in [0.05, 0.1) is 19.7 Å². The minimum absolute atomic E-state index is 0. The summed E-state index contributed by atoms with van der Waals surface area (Å²) >= 11 is 0. The first-order chi connectivity index (χ1) is 12.8. The van der Waals surface area contributed by atoms with Gasteiger partial charge in [-0.2, -0.15) is 0 Å². The van der Waals surface area contributed by atoms with Crippen LogP contribution in [0.2, 0.25) is 0 Å². The lowest BCUT2D eigenvalue weighted by molar-refractivity contribution is 0.251. The SMILES string of the molecule is COc1ccc(C(CN=C(N)NC2CCCCCC2)N2CCCC2)cc1.I. The molecule has 1 saturated carbocycles. The maximum atomic E-state index is 6.23. The summed E-state index contributed by atoms with van der Waals surface area (Å²) in [6, 6.07) is 9.17. The summed E-state index contributed by atoms with van der Waals surface area (Å²) in [7, 11) is 1.71. The van der Waals surface area contributed by atoms with E-state index in [-0.39, 0.29) is 30.0 Å². The van der Waals surface area contributed by atoms with Crippen molar-refractivity contribution in [3.05, 3.63) is 29.8 Å². The molecule has 27 heavy (non-hydrogen) atoms. The van der Waals surface area contributed by atoms with Crippen molar-refractivity contribution >= 4 is 29.9 Å². The van der Waals surface area contributed by atoms with E-state index >= 15 is 0 Å². The van der Waals surface area contributed by atoms with Gasteiger partial charge in [0.15, 0.2) is 5.96 Å². The summed E-state index contributed by atoms with van der Waals surface area (Å²) < 4.78 is 5.30. The lowest BCUT2D eigenvalue weighted by atomic mass is 10.1. The van der Waals surface area contributed by atoms with E-state index < -0.39 is 0 Å². The van der Waals surface area contributed by atoms with Crippen LogP contribution in [0.1, 0.15) is 63.0 Å². The molecule has 1 heterocycles. The number of methoxy groups -OCH3 is 1. The lowest BCUT2D eigenvalue weighted by Gasteiger charge is -2.27. The second kappa shape index (κ2) is 11.7. The Morgan fingerprint density at radius 1 is 1.11 bits per heavy atom. The summed E-state index contributed by atoms with van der Waals surface area (Å²) in [5.41, 5.74) is 7.52. The molecule has 152 valence electrons. The Labute approximate surface area is 181 Å². The fourth-order valence-corrected chi connectivity index (χ4v) is 4.17. The van der Waals surface area contributed by atoms with Crippen molar-refractivity contribution in [3.8, 4) is 5.75 Å². The standard InChI is InChI=1S/C21H34N4O.HI/c1-26-19-12-10-17(11-13-19)20(25-14-6-7-15-25)16-23-21(22)24-18-8-4-2-3-5-9-18;/h10-13,18,20H,2-9,14-16H2,1H3,(H3,22,23,24);1H. The topological polar surface area (TPSA) is 62.9 Å².